The molecule has 0 fully saturated rings. The van der Waals surface area contributed by atoms with Crippen LogP contribution in [0.1, 0.15) is 18.5 Å². The zero-order valence-corrected chi connectivity index (χ0v) is 14.5. The van der Waals surface area contributed by atoms with E-state index in [0.29, 0.717) is 11.0 Å². The monoisotopic (exact) mass is 361 g/mol. The van der Waals surface area contributed by atoms with Gasteiger partial charge in [-0.05, 0) is 36.8 Å². The maximum atomic E-state index is 13.0. The highest BCUT2D eigenvalue weighted by Crippen LogP contribution is 2.25. The summed E-state index contributed by atoms with van der Waals surface area (Å²) in [7, 11) is 1.71. The third-order valence-corrected chi connectivity index (χ3v) is 4.59. The topological polar surface area (TPSA) is 72.4 Å². The van der Waals surface area contributed by atoms with Gasteiger partial charge in [-0.25, -0.2) is 4.39 Å². The SMILES string of the molecule is CC(c1ccc(F)cc1)N(C)C(=O)CSc1nnc(-c2ccco2)o1. The van der Waals surface area contributed by atoms with Crippen LogP contribution < -0.4 is 0 Å². The lowest BCUT2D eigenvalue weighted by molar-refractivity contribution is -0.128. The van der Waals surface area contributed by atoms with E-state index in [-0.39, 0.29) is 29.4 Å². The molecule has 0 radical (unpaired) electrons. The van der Waals surface area contributed by atoms with Crippen LogP contribution in [-0.2, 0) is 4.79 Å². The van der Waals surface area contributed by atoms with Crippen molar-refractivity contribution in [3.05, 3.63) is 54.0 Å². The van der Waals surface area contributed by atoms with E-state index in [4.69, 9.17) is 8.83 Å². The molecule has 0 saturated heterocycles. The fourth-order valence-corrected chi connectivity index (χ4v) is 2.86. The Morgan fingerprint density at radius 1 is 1.28 bits per heavy atom. The number of furan rings is 1. The van der Waals surface area contributed by atoms with E-state index < -0.39 is 0 Å². The summed E-state index contributed by atoms with van der Waals surface area (Å²) in [6, 6.07) is 9.37. The molecule has 6 nitrogen and oxygen atoms in total. The molecule has 2 aromatic heterocycles. The molecular weight excluding hydrogens is 345 g/mol. The number of amides is 1. The van der Waals surface area contributed by atoms with E-state index in [9.17, 15) is 9.18 Å². The van der Waals surface area contributed by atoms with Crippen molar-refractivity contribution in [2.24, 2.45) is 0 Å². The smallest absolute Gasteiger partial charge is 0.284 e. The van der Waals surface area contributed by atoms with E-state index in [1.807, 2.05) is 6.92 Å². The summed E-state index contributed by atoms with van der Waals surface area (Å²) in [5.74, 6) is 0.506. The van der Waals surface area contributed by atoms with Gasteiger partial charge in [-0.1, -0.05) is 23.9 Å². The molecule has 2 heterocycles. The Balaban J connectivity index is 1.57. The minimum Gasteiger partial charge on any atom is -0.459 e. The minimum atomic E-state index is -0.302. The van der Waals surface area contributed by atoms with Crippen molar-refractivity contribution in [3.63, 3.8) is 0 Å². The van der Waals surface area contributed by atoms with Crippen molar-refractivity contribution in [2.75, 3.05) is 12.8 Å². The molecule has 0 spiro atoms. The third kappa shape index (κ3) is 4.08. The number of benzene rings is 1. The molecule has 0 saturated carbocycles. The molecular formula is C17H16FN3O3S. The highest BCUT2D eigenvalue weighted by atomic mass is 32.2. The predicted molar refractivity (Wildman–Crippen MR) is 90.3 cm³/mol. The molecule has 1 amide bonds. The summed E-state index contributed by atoms with van der Waals surface area (Å²) < 4.78 is 23.6. The first-order valence-electron chi connectivity index (χ1n) is 7.56. The minimum absolute atomic E-state index is 0.0976. The standard InChI is InChI=1S/C17H16FN3O3S/c1-11(12-5-7-13(18)8-6-12)21(2)15(22)10-25-17-20-19-16(24-17)14-4-3-9-23-14/h3-9,11H,10H2,1-2H3. The van der Waals surface area contributed by atoms with Gasteiger partial charge in [0.2, 0.25) is 5.91 Å². The molecule has 0 N–H and O–H groups in total. The number of thioether (sulfide) groups is 1. The highest BCUT2D eigenvalue weighted by Gasteiger charge is 2.19. The molecule has 3 aromatic rings. The van der Waals surface area contributed by atoms with Gasteiger partial charge in [0, 0.05) is 7.05 Å². The number of hydrogen-bond donors (Lipinski definition) is 0. The molecule has 0 aliphatic carbocycles. The molecule has 25 heavy (non-hydrogen) atoms. The maximum Gasteiger partial charge on any atom is 0.284 e. The van der Waals surface area contributed by atoms with E-state index in [0.717, 1.165) is 17.3 Å². The summed E-state index contributed by atoms with van der Waals surface area (Å²) in [4.78, 5) is 14.0. The average Bonchev–Trinajstić information content (AvgIpc) is 3.30. The first kappa shape index (κ1) is 17.2. The second-order valence-corrected chi connectivity index (χ2v) is 6.30. The molecule has 0 bridgehead atoms. The van der Waals surface area contributed by atoms with Gasteiger partial charge in [0.15, 0.2) is 5.76 Å². The zero-order chi connectivity index (χ0) is 17.8. The van der Waals surface area contributed by atoms with Crippen molar-refractivity contribution in [1.29, 1.82) is 0 Å². The molecule has 1 aromatic carbocycles. The number of carbonyl (C=O) groups excluding carboxylic acids is 1. The van der Waals surface area contributed by atoms with Crippen molar-refractivity contribution in [3.8, 4) is 11.7 Å². The normalized spacial score (nSPS) is 12.1. The van der Waals surface area contributed by atoms with E-state index in [2.05, 4.69) is 10.2 Å². The first-order chi connectivity index (χ1) is 12.0. The zero-order valence-electron chi connectivity index (χ0n) is 13.7. The second-order valence-electron chi connectivity index (χ2n) is 5.37. The lowest BCUT2D eigenvalue weighted by Crippen LogP contribution is -2.31. The summed E-state index contributed by atoms with van der Waals surface area (Å²) in [6.45, 7) is 1.89. The summed E-state index contributed by atoms with van der Waals surface area (Å²) in [5, 5.41) is 8.06. The van der Waals surface area contributed by atoms with Crippen molar-refractivity contribution in [1.82, 2.24) is 15.1 Å². The first-order valence-corrected chi connectivity index (χ1v) is 8.54. The van der Waals surface area contributed by atoms with Crippen LogP contribution in [-0.4, -0.2) is 33.8 Å². The lowest BCUT2D eigenvalue weighted by atomic mass is 10.1. The van der Waals surface area contributed by atoms with Crippen LogP contribution in [0.5, 0.6) is 0 Å². The van der Waals surface area contributed by atoms with Gasteiger partial charge >= 0.3 is 0 Å². The molecule has 1 unspecified atom stereocenters. The summed E-state index contributed by atoms with van der Waals surface area (Å²) in [5.41, 5.74) is 0.861. The van der Waals surface area contributed by atoms with Crippen LogP contribution in [0.2, 0.25) is 0 Å². The van der Waals surface area contributed by atoms with Gasteiger partial charge in [-0.15, -0.1) is 10.2 Å². The van der Waals surface area contributed by atoms with E-state index in [1.165, 1.54) is 18.4 Å². The van der Waals surface area contributed by atoms with Gasteiger partial charge < -0.3 is 13.7 Å². The van der Waals surface area contributed by atoms with Gasteiger partial charge in [0.05, 0.1) is 18.1 Å². The fraction of sp³-hybridized carbons (Fsp3) is 0.235. The fourth-order valence-electron chi connectivity index (χ4n) is 2.17. The second kappa shape index (κ2) is 7.52. The van der Waals surface area contributed by atoms with Gasteiger partial charge in [-0.3, -0.25) is 4.79 Å². The molecule has 8 heteroatoms. The predicted octanol–water partition coefficient (Wildman–Crippen LogP) is 3.78. The number of nitrogens with zero attached hydrogens (tertiary/aromatic N) is 3. The molecule has 130 valence electrons. The third-order valence-electron chi connectivity index (χ3n) is 3.78. The Hall–Kier alpha value is -2.61. The number of hydrogen-bond acceptors (Lipinski definition) is 6. The lowest BCUT2D eigenvalue weighted by Gasteiger charge is -2.25. The van der Waals surface area contributed by atoms with Gasteiger partial charge in [0.25, 0.3) is 11.1 Å². The van der Waals surface area contributed by atoms with E-state index >= 15 is 0 Å². The number of rotatable bonds is 6. The summed E-state index contributed by atoms with van der Waals surface area (Å²) >= 11 is 1.16. The molecule has 1 atom stereocenters. The van der Waals surface area contributed by atoms with Crippen molar-refractivity contribution < 1.29 is 18.0 Å². The van der Waals surface area contributed by atoms with Crippen LogP contribution in [0.25, 0.3) is 11.7 Å². The molecule has 3 rings (SSSR count). The van der Waals surface area contributed by atoms with E-state index in [1.54, 1.807) is 36.2 Å². The molecule has 0 aliphatic heterocycles. The van der Waals surface area contributed by atoms with Crippen LogP contribution in [0.4, 0.5) is 4.39 Å². The quantitative estimate of drug-likeness (QED) is 0.622. The van der Waals surface area contributed by atoms with Crippen LogP contribution in [0.3, 0.4) is 0 Å². The number of carbonyl (C=O) groups is 1. The maximum absolute atomic E-state index is 13.0. The Morgan fingerprint density at radius 3 is 2.72 bits per heavy atom. The van der Waals surface area contributed by atoms with Crippen molar-refractivity contribution in [2.45, 2.75) is 18.2 Å². The molecule has 0 aliphatic rings. The van der Waals surface area contributed by atoms with Gasteiger partial charge in [-0.2, -0.15) is 0 Å². The number of halogens is 1. The Labute approximate surface area is 148 Å². The Bertz CT molecular complexity index is 833. The highest BCUT2D eigenvalue weighted by molar-refractivity contribution is 7.99. The summed E-state index contributed by atoms with van der Waals surface area (Å²) in [6.07, 6.45) is 1.52. The Kier molecular flexibility index (Phi) is 5.18. The Morgan fingerprint density at radius 2 is 2.04 bits per heavy atom. The number of aromatic nitrogens is 2. The van der Waals surface area contributed by atoms with Crippen LogP contribution >= 0.6 is 11.8 Å². The van der Waals surface area contributed by atoms with Gasteiger partial charge in [0.1, 0.15) is 5.82 Å². The van der Waals surface area contributed by atoms with Crippen LogP contribution in [0, 0.1) is 5.82 Å². The largest absolute Gasteiger partial charge is 0.459 e. The van der Waals surface area contributed by atoms with Crippen molar-refractivity contribution >= 4 is 17.7 Å². The average molecular weight is 361 g/mol. The van der Waals surface area contributed by atoms with Crippen LogP contribution in [0.15, 0.2) is 56.7 Å².